The fourth-order valence-electron chi connectivity index (χ4n) is 1.29. The van der Waals surface area contributed by atoms with E-state index >= 15 is 0 Å². The molecule has 2 aromatic rings. The predicted octanol–water partition coefficient (Wildman–Crippen LogP) is 1.37. The van der Waals surface area contributed by atoms with Crippen LogP contribution < -0.4 is 9.64 Å². The van der Waals surface area contributed by atoms with Gasteiger partial charge in [0.05, 0.1) is 11.8 Å². The van der Waals surface area contributed by atoms with Crippen molar-refractivity contribution in [3.8, 4) is 17.1 Å². The van der Waals surface area contributed by atoms with Gasteiger partial charge in [-0.2, -0.15) is 0 Å². The molecule has 0 radical (unpaired) electrons. The quantitative estimate of drug-likeness (QED) is 0.711. The zero-order valence-electron chi connectivity index (χ0n) is 8.21. The second-order valence-corrected chi connectivity index (χ2v) is 2.88. The van der Waals surface area contributed by atoms with Crippen LogP contribution in [0.25, 0.3) is 11.3 Å². The molecular formula is C10H10N2O3. The topological polar surface area (TPSA) is 62.2 Å². The Hall–Kier alpha value is -2.04. The van der Waals surface area contributed by atoms with E-state index in [9.17, 15) is 5.21 Å². The van der Waals surface area contributed by atoms with Gasteiger partial charge in [-0.1, -0.05) is 30.3 Å². The number of benzene rings is 1. The summed E-state index contributed by atoms with van der Waals surface area (Å²) in [6.45, 7) is 2.25. The van der Waals surface area contributed by atoms with Crippen molar-refractivity contribution in [2.45, 2.75) is 6.92 Å². The van der Waals surface area contributed by atoms with E-state index in [0.717, 1.165) is 5.56 Å². The minimum absolute atomic E-state index is 0.221. The number of hydrogen-bond acceptors (Lipinski definition) is 4. The molecule has 1 aromatic heterocycles. The fraction of sp³-hybridized carbons (Fsp3) is 0.200. The van der Waals surface area contributed by atoms with Crippen LogP contribution in [0.4, 0.5) is 0 Å². The zero-order chi connectivity index (χ0) is 10.7. The van der Waals surface area contributed by atoms with Crippen LogP contribution in [0.3, 0.4) is 0 Å². The molecule has 0 bridgehead atoms. The van der Waals surface area contributed by atoms with Gasteiger partial charge >= 0.3 is 5.88 Å². The van der Waals surface area contributed by atoms with Crippen molar-refractivity contribution in [2.24, 2.45) is 0 Å². The Morgan fingerprint density at radius 2 is 2.13 bits per heavy atom. The molecular weight excluding hydrogens is 196 g/mol. The maximum absolute atomic E-state index is 11.3. The van der Waals surface area contributed by atoms with Gasteiger partial charge in [0.1, 0.15) is 0 Å². The third-order valence-corrected chi connectivity index (χ3v) is 1.91. The van der Waals surface area contributed by atoms with Crippen LogP contribution in [0.15, 0.2) is 35.0 Å². The molecule has 0 aliphatic carbocycles. The number of rotatable bonds is 3. The van der Waals surface area contributed by atoms with Gasteiger partial charge in [-0.3, -0.25) is 4.63 Å². The summed E-state index contributed by atoms with van der Waals surface area (Å²) < 4.78 is 9.68. The Labute approximate surface area is 86.4 Å². The van der Waals surface area contributed by atoms with Gasteiger partial charge in [0.2, 0.25) is 0 Å². The fourth-order valence-corrected chi connectivity index (χ4v) is 1.29. The Morgan fingerprint density at radius 1 is 1.40 bits per heavy atom. The third kappa shape index (κ3) is 1.76. The van der Waals surface area contributed by atoms with E-state index in [1.165, 1.54) is 0 Å². The average Bonchev–Trinajstić information content (AvgIpc) is 2.62. The van der Waals surface area contributed by atoms with Gasteiger partial charge in [0, 0.05) is 5.56 Å². The SMILES string of the molecule is CCOc1no[n+]([O-])c1-c1ccccc1. The van der Waals surface area contributed by atoms with Crippen LogP contribution in [-0.2, 0) is 0 Å². The van der Waals surface area contributed by atoms with Crippen LogP contribution in [0, 0.1) is 5.21 Å². The maximum Gasteiger partial charge on any atom is 0.402 e. The van der Waals surface area contributed by atoms with E-state index in [1.807, 2.05) is 25.1 Å². The van der Waals surface area contributed by atoms with Crippen molar-refractivity contribution in [3.05, 3.63) is 35.5 Å². The summed E-state index contributed by atoms with van der Waals surface area (Å²) in [5.41, 5.74) is 1.02. The second-order valence-electron chi connectivity index (χ2n) is 2.88. The lowest BCUT2D eigenvalue weighted by atomic mass is 10.2. The van der Waals surface area contributed by atoms with Crippen molar-refractivity contribution in [1.82, 2.24) is 5.16 Å². The highest BCUT2D eigenvalue weighted by atomic mass is 16.8. The van der Waals surface area contributed by atoms with E-state index < -0.39 is 0 Å². The first kappa shape index (κ1) is 9.51. The molecule has 1 heterocycles. The van der Waals surface area contributed by atoms with Crippen molar-refractivity contribution in [2.75, 3.05) is 6.61 Å². The van der Waals surface area contributed by atoms with Gasteiger partial charge in [-0.25, -0.2) is 0 Å². The smallest absolute Gasteiger partial charge is 0.402 e. The molecule has 5 heteroatoms. The highest BCUT2D eigenvalue weighted by Crippen LogP contribution is 2.23. The first-order valence-corrected chi connectivity index (χ1v) is 4.61. The van der Waals surface area contributed by atoms with Crippen LogP contribution in [0.2, 0.25) is 0 Å². The second kappa shape index (κ2) is 4.00. The molecule has 0 aliphatic rings. The molecule has 15 heavy (non-hydrogen) atoms. The van der Waals surface area contributed by atoms with Crippen molar-refractivity contribution in [1.29, 1.82) is 0 Å². The molecule has 0 amide bonds. The Kier molecular flexibility index (Phi) is 2.53. The molecule has 0 N–H and O–H groups in total. The third-order valence-electron chi connectivity index (χ3n) is 1.91. The highest BCUT2D eigenvalue weighted by molar-refractivity contribution is 5.60. The number of nitrogens with zero attached hydrogens (tertiary/aromatic N) is 2. The summed E-state index contributed by atoms with van der Waals surface area (Å²) in [4.78, 5) is 0.348. The molecule has 5 nitrogen and oxygen atoms in total. The minimum Gasteiger partial charge on any atom is -0.455 e. The van der Waals surface area contributed by atoms with Crippen LogP contribution in [-0.4, -0.2) is 11.8 Å². The van der Waals surface area contributed by atoms with E-state index in [1.54, 1.807) is 12.1 Å². The summed E-state index contributed by atoms with van der Waals surface area (Å²) in [7, 11) is 0. The Bertz CT molecular complexity index is 439. The largest absolute Gasteiger partial charge is 0.455 e. The van der Waals surface area contributed by atoms with E-state index in [-0.39, 0.29) is 5.88 Å². The van der Waals surface area contributed by atoms with E-state index in [0.29, 0.717) is 17.2 Å². The molecule has 1 aromatic carbocycles. The molecule has 0 spiro atoms. The van der Waals surface area contributed by atoms with Crippen molar-refractivity contribution >= 4 is 0 Å². The Balaban J connectivity index is 2.47. The van der Waals surface area contributed by atoms with Crippen molar-refractivity contribution in [3.63, 3.8) is 0 Å². The summed E-state index contributed by atoms with van der Waals surface area (Å²) in [6.07, 6.45) is 0. The lowest BCUT2D eigenvalue weighted by Crippen LogP contribution is -2.25. The Morgan fingerprint density at radius 3 is 2.80 bits per heavy atom. The number of aromatic nitrogens is 2. The first-order chi connectivity index (χ1) is 7.33. The molecule has 0 fully saturated rings. The standard InChI is InChI=1S/C10H10N2O3/c1-2-14-10-9(12(13)15-11-10)8-6-4-3-5-7-8/h3-7H,2H2,1H3. The zero-order valence-corrected chi connectivity index (χ0v) is 8.21. The molecule has 0 atom stereocenters. The van der Waals surface area contributed by atoms with E-state index in [4.69, 9.17) is 4.74 Å². The molecule has 0 saturated carbocycles. The molecule has 0 unspecified atom stereocenters. The van der Waals surface area contributed by atoms with Gasteiger partial charge < -0.3 is 9.94 Å². The van der Waals surface area contributed by atoms with Gasteiger partial charge in [0.25, 0.3) is 5.69 Å². The van der Waals surface area contributed by atoms with Crippen molar-refractivity contribution < 1.29 is 14.3 Å². The monoisotopic (exact) mass is 206 g/mol. The maximum atomic E-state index is 11.3. The van der Waals surface area contributed by atoms with Gasteiger partial charge in [-0.05, 0) is 11.8 Å². The summed E-state index contributed by atoms with van der Waals surface area (Å²) >= 11 is 0. The lowest BCUT2D eigenvalue weighted by Gasteiger charge is -1.98. The van der Waals surface area contributed by atoms with Crippen LogP contribution in [0.5, 0.6) is 5.88 Å². The molecule has 78 valence electrons. The first-order valence-electron chi connectivity index (χ1n) is 4.61. The summed E-state index contributed by atoms with van der Waals surface area (Å²) in [5.74, 6) is 0.221. The normalized spacial score (nSPS) is 10.2. The molecule has 2 rings (SSSR count). The molecule has 0 saturated heterocycles. The van der Waals surface area contributed by atoms with Gasteiger partial charge in [-0.15, -0.1) is 0 Å². The van der Waals surface area contributed by atoms with E-state index in [2.05, 4.69) is 9.79 Å². The minimum atomic E-state index is 0.221. The highest BCUT2D eigenvalue weighted by Gasteiger charge is 2.21. The van der Waals surface area contributed by atoms with Gasteiger partial charge in [0.15, 0.2) is 0 Å². The van der Waals surface area contributed by atoms with Crippen LogP contribution in [0.1, 0.15) is 6.92 Å². The summed E-state index contributed by atoms with van der Waals surface area (Å²) in [6, 6.07) is 9.12. The molecule has 0 aliphatic heterocycles. The average molecular weight is 206 g/mol. The lowest BCUT2D eigenvalue weighted by molar-refractivity contribution is -0.793. The van der Waals surface area contributed by atoms with Crippen LogP contribution >= 0.6 is 0 Å². The number of ether oxygens (including phenoxy) is 1. The predicted molar refractivity (Wildman–Crippen MR) is 52.1 cm³/mol. The number of hydrogen-bond donors (Lipinski definition) is 0. The summed E-state index contributed by atoms with van der Waals surface area (Å²) in [5, 5.41) is 14.9.